The van der Waals surface area contributed by atoms with Crippen LogP contribution in [0, 0.1) is 0 Å². The van der Waals surface area contributed by atoms with Gasteiger partial charge in [0.1, 0.15) is 0 Å². The number of aromatic nitrogens is 3. The lowest BCUT2D eigenvalue weighted by atomic mass is 9.79. The lowest BCUT2D eigenvalue weighted by Gasteiger charge is -2.33. The Balaban J connectivity index is 1.34. The molecule has 0 saturated heterocycles. The van der Waals surface area contributed by atoms with Crippen molar-refractivity contribution in [2.45, 2.75) is 38.1 Å². The SMILES string of the molecule is CCc1nc([C@H]2C[C@H](NC(=O)c3cc(-c4ccccc4)on3)C2)no1. The number of nitrogens with one attached hydrogen (secondary N) is 1. The molecule has 128 valence electrons. The molecule has 0 bridgehead atoms. The van der Waals surface area contributed by atoms with E-state index in [-0.39, 0.29) is 23.6 Å². The molecule has 7 heteroatoms. The van der Waals surface area contributed by atoms with Gasteiger partial charge < -0.3 is 14.4 Å². The lowest BCUT2D eigenvalue weighted by molar-refractivity contribution is 0.0898. The van der Waals surface area contributed by atoms with Crippen LogP contribution in [-0.4, -0.2) is 27.2 Å². The van der Waals surface area contributed by atoms with Gasteiger partial charge in [0.15, 0.2) is 17.3 Å². The quantitative estimate of drug-likeness (QED) is 0.768. The van der Waals surface area contributed by atoms with Crippen molar-refractivity contribution in [3.05, 3.63) is 53.8 Å². The first-order chi connectivity index (χ1) is 12.2. The Labute approximate surface area is 144 Å². The molecule has 0 atom stereocenters. The Morgan fingerprint density at radius 2 is 2.00 bits per heavy atom. The van der Waals surface area contributed by atoms with E-state index in [1.54, 1.807) is 6.07 Å². The summed E-state index contributed by atoms with van der Waals surface area (Å²) in [6, 6.07) is 11.3. The zero-order valence-corrected chi connectivity index (χ0v) is 13.8. The zero-order valence-electron chi connectivity index (χ0n) is 13.8. The van der Waals surface area contributed by atoms with Gasteiger partial charge in [-0.05, 0) is 12.8 Å². The van der Waals surface area contributed by atoms with Crippen molar-refractivity contribution in [2.24, 2.45) is 0 Å². The van der Waals surface area contributed by atoms with Gasteiger partial charge in [-0.2, -0.15) is 4.98 Å². The summed E-state index contributed by atoms with van der Waals surface area (Å²) in [5.74, 6) is 1.98. The van der Waals surface area contributed by atoms with Crippen molar-refractivity contribution in [2.75, 3.05) is 0 Å². The molecule has 1 aromatic carbocycles. The molecular formula is C18H18N4O3. The van der Waals surface area contributed by atoms with Crippen LogP contribution in [-0.2, 0) is 6.42 Å². The maximum Gasteiger partial charge on any atom is 0.273 e. The van der Waals surface area contributed by atoms with E-state index in [1.165, 1.54) is 0 Å². The first-order valence-electron chi connectivity index (χ1n) is 8.38. The molecule has 1 aliphatic rings. The van der Waals surface area contributed by atoms with Gasteiger partial charge in [0.05, 0.1) is 0 Å². The lowest BCUT2D eigenvalue weighted by Crippen LogP contribution is -2.43. The highest BCUT2D eigenvalue weighted by atomic mass is 16.5. The van der Waals surface area contributed by atoms with Crippen molar-refractivity contribution >= 4 is 5.91 Å². The average Bonchev–Trinajstić information content (AvgIpc) is 3.27. The van der Waals surface area contributed by atoms with E-state index in [4.69, 9.17) is 9.05 Å². The third kappa shape index (κ3) is 3.17. The number of hydrogen-bond donors (Lipinski definition) is 1. The fourth-order valence-corrected chi connectivity index (χ4v) is 2.90. The normalized spacial score (nSPS) is 19.4. The summed E-state index contributed by atoms with van der Waals surface area (Å²) in [6.07, 6.45) is 2.34. The summed E-state index contributed by atoms with van der Waals surface area (Å²) in [5.41, 5.74) is 1.18. The highest BCUT2D eigenvalue weighted by molar-refractivity contribution is 5.93. The molecule has 1 amide bonds. The van der Waals surface area contributed by atoms with Gasteiger partial charge in [0, 0.05) is 30.0 Å². The van der Waals surface area contributed by atoms with Crippen molar-refractivity contribution in [3.63, 3.8) is 0 Å². The molecule has 1 aliphatic carbocycles. The van der Waals surface area contributed by atoms with E-state index in [0.717, 1.165) is 30.7 Å². The molecule has 0 aliphatic heterocycles. The van der Waals surface area contributed by atoms with E-state index in [2.05, 4.69) is 20.6 Å². The number of aryl methyl sites for hydroxylation is 1. The monoisotopic (exact) mass is 338 g/mol. The van der Waals surface area contributed by atoms with E-state index < -0.39 is 0 Å². The molecule has 1 fully saturated rings. The third-order valence-corrected chi connectivity index (χ3v) is 4.43. The maximum absolute atomic E-state index is 12.3. The molecule has 4 rings (SSSR count). The number of benzene rings is 1. The van der Waals surface area contributed by atoms with Gasteiger partial charge >= 0.3 is 0 Å². The summed E-state index contributed by atoms with van der Waals surface area (Å²) < 4.78 is 10.4. The summed E-state index contributed by atoms with van der Waals surface area (Å²) in [4.78, 5) is 16.6. The van der Waals surface area contributed by atoms with Crippen LogP contribution in [0.1, 0.15) is 47.9 Å². The maximum atomic E-state index is 12.3. The van der Waals surface area contributed by atoms with E-state index in [1.807, 2.05) is 37.3 Å². The Kier molecular flexibility index (Phi) is 4.05. The van der Waals surface area contributed by atoms with E-state index in [0.29, 0.717) is 11.7 Å². The van der Waals surface area contributed by atoms with Gasteiger partial charge in [-0.15, -0.1) is 0 Å². The standard InChI is InChI=1S/C18H18N4O3/c1-2-16-20-17(22-25-16)12-8-13(9-12)19-18(23)14-10-15(24-21-14)11-6-4-3-5-7-11/h3-7,10,12-13H,2,8-9H2,1H3,(H,19,23)/t12-,13-. The average molecular weight is 338 g/mol. The molecule has 0 spiro atoms. The molecule has 1 saturated carbocycles. The molecule has 7 nitrogen and oxygen atoms in total. The number of rotatable bonds is 5. The minimum absolute atomic E-state index is 0.0953. The Morgan fingerprint density at radius 1 is 1.20 bits per heavy atom. The molecule has 25 heavy (non-hydrogen) atoms. The van der Waals surface area contributed by atoms with Gasteiger partial charge in [-0.25, -0.2) is 0 Å². The van der Waals surface area contributed by atoms with Crippen molar-refractivity contribution < 1.29 is 13.8 Å². The fraction of sp³-hybridized carbons (Fsp3) is 0.333. The number of nitrogens with zero attached hydrogens (tertiary/aromatic N) is 3. The first kappa shape index (κ1) is 15.6. The van der Waals surface area contributed by atoms with Crippen LogP contribution < -0.4 is 5.32 Å². The summed E-state index contributed by atoms with van der Waals surface area (Å²) in [5, 5.41) is 10.8. The molecular weight excluding hydrogens is 320 g/mol. The smallest absolute Gasteiger partial charge is 0.273 e. The second-order valence-electron chi connectivity index (χ2n) is 6.18. The predicted octanol–water partition coefficient (Wildman–Crippen LogP) is 2.96. The van der Waals surface area contributed by atoms with E-state index >= 15 is 0 Å². The second kappa shape index (κ2) is 6.51. The van der Waals surface area contributed by atoms with Gasteiger partial charge in [-0.1, -0.05) is 47.6 Å². The molecule has 0 radical (unpaired) electrons. The molecule has 3 aromatic rings. The third-order valence-electron chi connectivity index (χ3n) is 4.43. The number of hydrogen-bond acceptors (Lipinski definition) is 6. The summed E-state index contributed by atoms with van der Waals surface area (Å²) >= 11 is 0. The number of carbonyl (C=O) groups excluding carboxylic acids is 1. The molecule has 1 N–H and O–H groups in total. The van der Waals surface area contributed by atoms with Crippen LogP contribution in [0.5, 0.6) is 0 Å². The zero-order chi connectivity index (χ0) is 17.2. The fourth-order valence-electron chi connectivity index (χ4n) is 2.90. The Morgan fingerprint density at radius 3 is 2.72 bits per heavy atom. The predicted molar refractivity (Wildman–Crippen MR) is 88.8 cm³/mol. The van der Waals surface area contributed by atoms with Crippen LogP contribution in [0.15, 0.2) is 45.4 Å². The van der Waals surface area contributed by atoms with Crippen LogP contribution in [0.25, 0.3) is 11.3 Å². The Hall–Kier alpha value is -2.96. The number of amides is 1. The minimum atomic E-state index is -0.225. The second-order valence-corrected chi connectivity index (χ2v) is 6.18. The summed E-state index contributed by atoms with van der Waals surface area (Å²) in [7, 11) is 0. The first-order valence-corrected chi connectivity index (χ1v) is 8.38. The van der Waals surface area contributed by atoms with Crippen molar-refractivity contribution in [1.29, 1.82) is 0 Å². The van der Waals surface area contributed by atoms with Gasteiger partial charge in [0.25, 0.3) is 5.91 Å². The Bertz CT molecular complexity index is 865. The van der Waals surface area contributed by atoms with Crippen LogP contribution >= 0.6 is 0 Å². The van der Waals surface area contributed by atoms with E-state index in [9.17, 15) is 4.79 Å². The van der Waals surface area contributed by atoms with Crippen LogP contribution in [0.3, 0.4) is 0 Å². The van der Waals surface area contributed by atoms with Crippen LogP contribution in [0.4, 0.5) is 0 Å². The molecule has 2 heterocycles. The van der Waals surface area contributed by atoms with Crippen molar-refractivity contribution in [1.82, 2.24) is 20.6 Å². The largest absolute Gasteiger partial charge is 0.355 e. The highest BCUT2D eigenvalue weighted by Crippen LogP contribution is 2.35. The number of carbonyl (C=O) groups is 1. The molecule has 2 aromatic heterocycles. The van der Waals surface area contributed by atoms with Gasteiger partial charge in [0.2, 0.25) is 5.89 Å². The minimum Gasteiger partial charge on any atom is -0.355 e. The topological polar surface area (TPSA) is 94.1 Å². The molecule has 0 unspecified atom stereocenters. The van der Waals surface area contributed by atoms with Crippen LogP contribution in [0.2, 0.25) is 0 Å². The van der Waals surface area contributed by atoms with Gasteiger partial charge in [-0.3, -0.25) is 4.79 Å². The summed E-state index contributed by atoms with van der Waals surface area (Å²) in [6.45, 7) is 1.97. The highest BCUT2D eigenvalue weighted by Gasteiger charge is 2.35. The van der Waals surface area contributed by atoms with Crippen molar-refractivity contribution in [3.8, 4) is 11.3 Å².